The number of aryl methyl sites for hydroxylation is 2. The summed E-state index contributed by atoms with van der Waals surface area (Å²) in [5.41, 5.74) is 21.7. The molecule has 1 aromatic heterocycles. The predicted octanol–water partition coefficient (Wildman–Crippen LogP) is 13.6. The molecule has 0 atom stereocenters. The van der Waals surface area contributed by atoms with Gasteiger partial charge in [0.1, 0.15) is 11.2 Å². The average molecular weight is 793 g/mol. The van der Waals surface area contributed by atoms with Crippen LogP contribution in [-0.2, 0) is 21.7 Å². The van der Waals surface area contributed by atoms with Gasteiger partial charge < -0.3 is 14.2 Å². The number of para-hydroxylation sites is 1. The van der Waals surface area contributed by atoms with Crippen molar-refractivity contribution in [3.63, 3.8) is 0 Å². The highest BCUT2D eigenvalue weighted by molar-refractivity contribution is 7.00. The minimum atomic E-state index is 0.00936. The number of fused-ring (bicyclic) bond motifs is 9. The molecule has 0 saturated heterocycles. The fraction of sp³-hybridized carbons (Fsp3) is 0.333. The fourth-order valence-electron chi connectivity index (χ4n) is 11.6. The number of rotatable bonds is 2. The smallest absolute Gasteiger partial charge is 0.252 e. The second kappa shape index (κ2) is 12.1. The number of anilines is 6. The summed E-state index contributed by atoms with van der Waals surface area (Å²) in [4.78, 5) is 5.17. The van der Waals surface area contributed by atoms with Gasteiger partial charge in [0.2, 0.25) is 0 Å². The van der Waals surface area contributed by atoms with Gasteiger partial charge >= 0.3 is 0 Å². The van der Waals surface area contributed by atoms with Gasteiger partial charge in [-0.05, 0) is 166 Å². The first kappa shape index (κ1) is 37.1. The lowest BCUT2D eigenvalue weighted by atomic mass is 9.33. The molecule has 11 rings (SSSR count). The molecule has 7 aromatic rings. The lowest BCUT2D eigenvalue weighted by molar-refractivity contribution is 0.332. The Balaban J connectivity index is 1.27. The maximum Gasteiger partial charge on any atom is 0.252 e. The number of benzene rings is 6. The highest BCUT2D eigenvalue weighted by atomic mass is 35.5. The van der Waals surface area contributed by atoms with Crippen LogP contribution in [0.1, 0.15) is 114 Å². The lowest BCUT2D eigenvalue weighted by Crippen LogP contribution is -2.62. The van der Waals surface area contributed by atoms with Crippen LogP contribution < -0.4 is 26.2 Å². The quantitative estimate of drug-likeness (QED) is 0.163. The number of nitrogens with zero attached hydrogens (tertiary/aromatic N) is 2. The Morgan fingerprint density at radius 2 is 1.05 bits per heavy atom. The van der Waals surface area contributed by atoms with Gasteiger partial charge in [-0.1, -0.05) is 109 Å². The van der Waals surface area contributed by atoms with E-state index in [1.54, 1.807) is 0 Å². The molecule has 5 heteroatoms. The van der Waals surface area contributed by atoms with E-state index in [-0.39, 0.29) is 28.4 Å². The Labute approximate surface area is 355 Å². The van der Waals surface area contributed by atoms with Crippen LogP contribution in [0.5, 0.6) is 0 Å². The highest BCUT2D eigenvalue weighted by Gasteiger charge is 2.47. The summed E-state index contributed by atoms with van der Waals surface area (Å²) in [5, 5.41) is 3.04. The third kappa shape index (κ3) is 5.21. The molecule has 296 valence electrons. The van der Waals surface area contributed by atoms with E-state index in [4.69, 9.17) is 16.0 Å². The molecule has 2 aliphatic heterocycles. The molecule has 0 N–H and O–H groups in total. The van der Waals surface area contributed by atoms with E-state index in [1.807, 2.05) is 0 Å². The standard InChI is InChI=1S/C54H54BClN2O/c1-31-24-45-50-46(25-31)58(42-29-37-35(26-32(42)2)51(3,4)20-22-53(37,7)8)43-27-33(56)18-19-39(43)55(50)40-28-36-38(54(9,10)23-21-52(36,5)6)30-44(40)57(45)41-15-13-17-48-49(41)34-14-11-12-16-47(34)59-48/h11-19,24-30H,20-23H2,1-10H3. The van der Waals surface area contributed by atoms with E-state index < -0.39 is 0 Å². The van der Waals surface area contributed by atoms with Crippen molar-refractivity contribution in [1.29, 1.82) is 0 Å². The zero-order valence-corrected chi connectivity index (χ0v) is 37.1. The summed E-state index contributed by atoms with van der Waals surface area (Å²) in [6.07, 6.45) is 4.66. The van der Waals surface area contributed by atoms with Crippen molar-refractivity contribution in [3.8, 4) is 0 Å². The zero-order valence-electron chi connectivity index (χ0n) is 36.3. The van der Waals surface area contributed by atoms with E-state index in [2.05, 4.69) is 176 Å². The van der Waals surface area contributed by atoms with Crippen molar-refractivity contribution in [2.45, 2.75) is 117 Å². The summed E-state index contributed by atoms with van der Waals surface area (Å²) in [6, 6.07) is 36.9. The number of hydrogen-bond donors (Lipinski definition) is 0. The number of hydrogen-bond acceptors (Lipinski definition) is 3. The molecular weight excluding hydrogens is 739 g/mol. The average Bonchev–Trinajstić information content (AvgIpc) is 3.57. The maximum absolute atomic E-state index is 7.08. The van der Waals surface area contributed by atoms with Gasteiger partial charge in [-0.3, -0.25) is 0 Å². The Bertz CT molecular complexity index is 2970. The Morgan fingerprint density at radius 1 is 0.508 bits per heavy atom. The minimum absolute atomic E-state index is 0.00936. The van der Waals surface area contributed by atoms with Crippen LogP contribution in [0, 0.1) is 13.8 Å². The van der Waals surface area contributed by atoms with Gasteiger partial charge in [0, 0.05) is 38.8 Å². The van der Waals surface area contributed by atoms with E-state index in [0.29, 0.717) is 0 Å². The Hall–Kier alpha value is -4.93. The van der Waals surface area contributed by atoms with E-state index in [0.717, 1.165) is 51.9 Å². The molecule has 3 heterocycles. The van der Waals surface area contributed by atoms with Crippen molar-refractivity contribution in [1.82, 2.24) is 0 Å². The summed E-state index contributed by atoms with van der Waals surface area (Å²) in [5.74, 6) is 0. The maximum atomic E-state index is 7.08. The Morgan fingerprint density at radius 3 is 1.71 bits per heavy atom. The van der Waals surface area contributed by atoms with Crippen LogP contribution in [0.3, 0.4) is 0 Å². The lowest BCUT2D eigenvalue weighted by Gasteiger charge is -2.48. The van der Waals surface area contributed by atoms with Crippen LogP contribution in [0.25, 0.3) is 21.9 Å². The fourth-order valence-corrected chi connectivity index (χ4v) is 11.7. The van der Waals surface area contributed by atoms with Gasteiger partial charge in [-0.2, -0.15) is 0 Å². The van der Waals surface area contributed by atoms with Crippen molar-refractivity contribution < 1.29 is 4.42 Å². The third-order valence-corrected chi connectivity index (χ3v) is 15.4. The summed E-state index contributed by atoms with van der Waals surface area (Å²) in [6.45, 7) is 24.1. The van der Waals surface area contributed by atoms with Crippen LogP contribution in [0.15, 0.2) is 101 Å². The molecule has 59 heavy (non-hydrogen) atoms. The van der Waals surface area contributed by atoms with Gasteiger partial charge in [-0.25, -0.2) is 0 Å². The summed E-state index contributed by atoms with van der Waals surface area (Å²) < 4.78 is 6.59. The molecule has 3 nitrogen and oxygen atoms in total. The summed E-state index contributed by atoms with van der Waals surface area (Å²) >= 11 is 7.08. The number of furan rings is 1. The topological polar surface area (TPSA) is 19.6 Å². The van der Waals surface area contributed by atoms with Crippen molar-refractivity contribution in [3.05, 3.63) is 135 Å². The van der Waals surface area contributed by atoms with Gasteiger partial charge in [0.15, 0.2) is 0 Å². The monoisotopic (exact) mass is 792 g/mol. The molecule has 0 unspecified atom stereocenters. The van der Waals surface area contributed by atoms with Gasteiger partial charge in [0.25, 0.3) is 6.71 Å². The second-order valence-electron chi connectivity index (χ2n) is 20.9. The first-order valence-electron chi connectivity index (χ1n) is 21.7. The minimum Gasteiger partial charge on any atom is -0.456 e. The van der Waals surface area contributed by atoms with Crippen LogP contribution >= 0.6 is 11.6 Å². The molecule has 6 aromatic carbocycles. The van der Waals surface area contributed by atoms with Crippen molar-refractivity contribution in [2.75, 3.05) is 9.80 Å². The Kier molecular flexibility index (Phi) is 7.61. The second-order valence-corrected chi connectivity index (χ2v) is 21.4. The summed E-state index contributed by atoms with van der Waals surface area (Å²) in [7, 11) is 0. The zero-order chi connectivity index (χ0) is 41.1. The van der Waals surface area contributed by atoms with Gasteiger partial charge in [-0.15, -0.1) is 0 Å². The molecule has 0 radical (unpaired) electrons. The first-order valence-corrected chi connectivity index (χ1v) is 22.1. The van der Waals surface area contributed by atoms with Gasteiger partial charge in [0.05, 0.1) is 11.1 Å². The molecule has 0 spiro atoms. The van der Waals surface area contributed by atoms with Crippen molar-refractivity contribution >= 4 is 90.8 Å². The molecular formula is C54H54BClN2O. The number of halogens is 1. The van der Waals surface area contributed by atoms with Crippen LogP contribution in [0.2, 0.25) is 5.02 Å². The van der Waals surface area contributed by atoms with Crippen LogP contribution in [-0.4, -0.2) is 6.71 Å². The molecule has 0 fully saturated rings. The molecule has 0 bridgehead atoms. The molecule has 0 saturated carbocycles. The largest absolute Gasteiger partial charge is 0.456 e. The van der Waals surface area contributed by atoms with E-state index in [9.17, 15) is 0 Å². The normalized spacial score (nSPS) is 18.9. The van der Waals surface area contributed by atoms with E-state index >= 15 is 0 Å². The predicted molar refractivity (Wildman–Crippen MR) is 253 cm³/mol. The highest BCUT2D eigenvalue weighted by Crippen LogP contribution is 2.54. The first-order chi connectivity index (χ1) is 27.9. The SMILES string of the molecule is Cc1cc2c3c(c1)N(c1cccc4oc5ccccc5c14)c1cc4c(cc1B3c1ccc(Cl)cc1N2c1cc2c(cc1C)C(C)(C)CCC2(C)C)C(C)(C)CCC4(C)C. The molecule has 0 amide bonds. The van der Waals surface area contributed by atoms with Crippen molar-refractivity contribution in [2.24, 2.45) is 0 Å². The van der Waals surface area contributed by atoms with Crippen LogP contribution in [0.4, 0.5) is 34.1 Å². The van der Waals surface area contributed by atoms with E-state index in [1.165, 1.54) is 84.6 Å². The third-order valence-electron chi connectivity index (χ3n) is 15.2. The molecule has 4 aliphatic rings. The molecule has 2 aliphatic carbocycles.